The lowest BCUT2D eigenvalue weighted by Gasteiger charge is -2.13. The van der Waals surface area contributed by atoms with E-state index in [0.717, 1.165) is 5.25 Å². The molecule has 58 valence electrons. The Kier molecular flexibility index (Phi) is 1.69. The van der Waals surface area contributed by atoms with Crippen molar-refractivity contribution in [3.8, 4) is 0 Å². The van der Waals surface area contributed by atoms with Crippen LogP contribution in [0.2, 0.25) is 0 Å². The molecule has 2 N–H and O–H groups in total. The highest BCUT2D eigenvalue weighted by Crippen LogP contribution is 2.48. The molecule has 2 saturated carbocycles. The largest absolute Gasteiger partial charge is 0.317 e. The first-order valence-electron chi connectivity index (χ1n) is 4.25. The van der Waals surface area contributed by atoms with Crippen LogP contribution in [0.3, 0.4) is 0 Å². The molecule has 2 fully saturated rings. The van der Waals surface area contributed by atoms with E-state index >= 15 is 0 Å². The molecule has 0 amide bonds. The van der Waals surface area contributed by atoms with Crippen molar-refractivity contribution in [3.63, 3.8) is 0 Å². The molecule has 0 unspecified atom stereocenters. The first-order valence-corrected chi connectivity index (χ1v) is 5.13. The molecule has 0 heterocycles. The van der Waals surface area contributed by atoms with Crippen LogP contribution in [0.4, 0.5) is 0 Å². The Bertz CT molecular complexity index is 125. The maximum atomic E-state index is 5.99. The van der Waals surface area contributed by atoms with Gasteiger partial charge in [0.25, 0.3) is 0 Å². The van der Waals surface area contributed by atoms with Crippen molar-refractivity contribution in [2.75, 3.05) is 0 Å². The summed E-state index contributed by atoms with van der Waals surface area (Å²) in [5.41, 5.74) is 5.99. The van der Waals surface area contributed by atoms with Gasteiger partial charge in [-0.15, -0.1) is 11.8 Å². The first-order chi connectivity index (χ1) is 4.79. The van der Waals surface area contributed by atoms with Crippen LogP contribution < -0.4 is 5.73 Å². The average Bonchev–Trinajstić information content (AvgIpc) is 2.47. The van der Waals surface area contributed by atoms with Crippen LogP contribution >= 0.6 is 11.8 Å². The monoisotopic (exact) mass is 157 g/mol. The van der Waals surface area contributed by atoms with Crippen LogP contribution in [0.5, 0.6) is 0 Å². The van der Waals surface area contributed by atoms with Gasteiger partial charge in [-0.25, -0.2) is 0 Å². The maximum absolute atomic E-state index is 5.99. The second kappa shape index (κ2) is 2.42. The molecular weight excluding hydrogens is 142 g/mol. The number of nitrogens with two attached hydrogens (primary N) is 1. The van der Waals surface area contributed by atoms with Gasteiger partial charge in [-0.1, -0.05) is 12.8 Å². The molecule has 2 rings (SSSR count). The summed E-state index contributed by atoms with van der Waals surface area (Å²) in [5.74, 6) is 0. The maximum Gasteiger partial charge on any atom is 0.0625 e. The van der Waals surface area contributed by atoms with E-state index in [0.29, 0.717) is 0 Å². The summed E-state index contributed by atoms with van der Waals surface area (Å²) in [6.07, 6.45) is 8.23. The molecular formula is C8H15NS. The minimum absolute atomic E-state index is 0.231. The van der Waals surface area contributed by atoms with Crippen LogP contribution in [0.25, 0.3) is 0 Å². The van der Waals surface area contributed by atoms with E-state index < -0.39 is 0 Å². The van der Waals surface area contributed by atoms with Gasteiger partial charge in [0.05, 0.1) is 4.87 Å². The molecule has 0 saturated heterocycles. The van der Waals surface area contributed by atoms with Crippen molar-refractivity contribution in [1.82, 2.24) is 0 Å². The predicted octanol–water partition coefficient (Wildman–Crippen LogP) is 2.11. The van der Waals surface area contributed by atoms with E-state index in [-0.39, 0.29) is 4.87 Å². The van der Waals surface area contributed by atoms with Gasteiger partial charge in [-0.3, -0.25) is 0 Å². The highest BCUT2D eigenvalue weighted by atomic mass is 32.2. The van der Waals surface area contributed by atoms with Crippen molar-refractivity contribution >= 4 is 11.8 Å². The van der Waals surface area contributed by atoms with E-state index in [4.69, 9.17) is 5.73 Å². The molecule has 0 aromatic rings. The molecule has 0 spiro atoms. The van der Waals surface area contributed by atoms with Gasteiger partial charge in [0.1, 0.15) is 0 Å². The summed E-state index contributed by atoms with van der Waals surface area (Å²) >= 11 is 2.05. The van der Waals surface area contributed by atoms with Crippen molar-refractivity contribution < 1.29 is 0 Å². The van der Waals surface area contributed by atoms with Crippen molar-refractivity contribution in [3.05, 3.63) is 0 Å². The third-order valence-corrected chi connectivity index (χ3v) is 4.13. The van der Waals surface area contributed by atoms with E-state index in [1.165, 1.54) is 38.5 Å². The SMILES string of the molecule is NC1(SC2CCCC2)CC1. The molecule has 0 bridgehead atoms. The number of hydrogen-bond donors (Lipinski definition) is 1. The van der Waals surface area contributed by atoms with Gasteiger partial charge < -0.3 is 5.73 Å². The molecule has 2 heteroatoms. The fraction of sp³-hybridized carbons (Fsp3) is 1.00. The second-order valence-corrected chi connectivity index (χ2v) is 5.30. The minimum atomic E-state index is 0.231. The Morgan fingerprint density at radius 1 is 1.20 bits per heavy atom. The number of hydrogen-bond acceptors (Lipinski definition) is 2. The summed E-state index contributed by atoms with van der Waals surface area (Å²) in [4.78, 5) is 0.231. The first kappa shape index (κ1) is 6.99. The van der Waals surface area contributed by atoms with Gasteiger partial charge in [0.15, 0.2) is 0 Å². The molecule has 0 aliphatic heterocycles. The minimum Gasteiger partial charge on any atom is -0.317 e. The topological polar surface area (TPSA) is 26.0 Å². The zero-order chi connectivity index (χ0) is 7.03. The zero-order valence-corrected chi connectivity index (χ0v) is 7.12. The molecule has 10 heavy (non-hydrogen) atoms. The summed E-state index contributed by atoms with van der Waals surface area (Å²) in [7, 11) is 0. The van der Waals surface area contributed by atoms with Crippen LogP contribution in [0, 0.1) is 0 Å². The molecule has 1 nitrogen and oxygen atoms in total. The zero-order valence-electron chi connectivity index (χ0n) is 6.31. The molecule has 0 aromatic heterocycles. The lowest BCUT2D eigenvalue weighted by atomic mass is 10.4. The fourth-order valence-corrected chi connectivity index (χ4v) is 3.15. The summed E-state index contributed by atoms with van der Waals surface area (Å²) in [5, 5.41) is 0.910. The van der Waals surface area contributed by atoms with Crippen molar-refractivity contribution in [2.45, 2.75) is 48.6 Å². The van der Waals surface area contributed by atoms with Crippen molar-refractivity contribution in [1.29, 1.82) is 0 Å². The Balaban J connectivity index is 1.78. The average molecular weight is 157 g/mol. The van der Waals surface area contributed by atoms with Gasteiger partial charge in [-0.05, 0) is 25.7 Å². The predicted molar refractivity (Wildman–Crippen MR) is 46.0 cm³/mol. The van der Waals surface area contributed by atoms with Crippen LogP contribution in [0.15, 0.2) is 0 Å². The van der Waals surface area contributed by atoms with Gasteiger partial charge in [0.2, 0.25) is 0 Å². The third-order valence-electron chi connectivity index (χ3n) is 2.45. The Labute approximate surface area is 66.7 Å². The van der Waals surface area contributed by atoms with Gasteiger partial charge >= 0.3 is 0 Å². The molecule has 0 atom stereocenters. The summed E-state index contributed by atoms with van der Waals surface area (Å²) in [6, 6.07) is 0. The van der Waals surface area contributed by atoms with Crippen molar-refractivity contribution in [2.24, 2.45) is 5.73 Å². The smallest absolute Gasteiger partial charge is 0.0625 e. The van der Waals surface area contributed by atoms with E-state index in [2.05, 4.69) is 11.8 Å². The highest BCUT2D eigenvalue weighted by molar-refractivity contribution is 8.01. The number of thioether (sulfide) groups is 1. The quantitative estimate of drug-likeness (QED) is 0.621. The molecule has 2 aliphatic rings. The summed E-state index contributed by atoms with van der Waals surface area (Å²) < 4.78 is 0. The Hall–Kier alpha value is 0.310. The standard InChI is InChI=1S/C8H15NS/c9-8(5-6-8)10-7-3-1-2-4-7/h7H,1-6,9H2. The second-order valence-electron chi connectivity index (χ2n) is 3.59. The van der Waals surface area contributed by atoms with Crippen LogP contribution in [-0.4, -0.2) is 10.1 Å². The lowest BCUT2D eigenvalue weighted by Crippen LogP contribution is -2.19. The fourth-order valence-electron chi connectivity index (χ4n) is 1.58. The molecule has 0 aromatic carbocycles. The Morgan fingerprint density at radius 3 is 2.30 bits per heavy atom. The molecule has 2 aliphatic carbocycles. The summed E-state index contributed by atoms with van der Waals surface area (Å²) in [6.45, 7) is 0. The third kappa shape index (κ3) is 1.48. The van der Waals surface area contributed by atoms with Gasteiger partial charge in [-0.2, -0.15) is 0 Å². The van der Waals surface area contributed by atoms with Gasteiger partial charge in [0, 0.05) is 5.25 Å². The van der Waals surface area contributed by atoms with Crippen LogP contribution in [0.1, 0.15) is 38.5 Å². The van der Waals surface area contributed by atoms with E-state index in [1.54, 1.807) is 0 Å². The van der Waals surface area contributed by atoms with E-state index in [9.17, 15) is 0 Å². The molecule has 0 radical (unpaired) electrons. The Morgan fingerprint density at radius 2 is 1.80 bits per heavy atom. The van der Waals surface area contributed by atoms with Crippen LogP contribution in [-0.2, 0) is 0 Å². The van der Waals surface area contributed by atoms with E-state index in [1.807, 2.05) is 0 Å². The lowest BCUT2D eigenvalue weighted by molar-refractivity contribution is 0.878. The highest BCUT2D eigenvalue weighted by Gasteiger charge is 2.41. The normalized spacial score (nSPS) is 30.9. The number of rotatable bonds is 2.